The third-order valence-corrected chi connectivity index (χ3v) is 6.04. The van der Waals surface area contributed by atoms with Crippen LogP contribution in [-0.4, -0.2) is 45.8 Å². The standard InChI is InChI=1S/C10H9Cl2N5O.C9H7Cl2N5O.BBr3/c1-18-5-3-2-4(6(11)7(5)12)8-9(13)15-10(14)17-16-8;10-5-3(1-2-4(17)6(5)11)7-8(12)14-9(13)16-15-7;2-1(3)4/h2-3H,1H3,(H4,13,14,15,17);1-2,17H,(H4,12,13,14,16);. The van der Waals surface area contributed by atoms with E-state index in [2.05, 4.69) is 77.6 Å². The van der Waals surface area contributed by atoms with Crippen molar-refractivity contribution in [3.63, 3.8) is 0 Å². The van der Waals surface area contributed by atoms with Crippen LogP contribution in [0.15, 0.2) is 24.3 Å². The predicted octanol–water partition coefficient (Wildman–Crippen LogP) is 5.89. The van der Waals surface area contributed by atoms with E-state index in [-0.39, 0.29) is 58.3 Å². The second-order valence-corrected chi connectivity index (χ2v) is 14.7. The zero-order chi connectivity index (χ0) is 29.4. The molecule has 0 bridgehead atoms. The predicted molar refractivity (Wildman–Crippen MR) is 169 cm³/mol. The van der Waals surface area contributed by atoms with Crippen LogP contribution in [0.4, 0.5) is 23.5 Å². The molecule has 2 aromatic carbocycles. The van der Waals surface area contributed by atoms with E-state index < -0.39 is 0 Å². The largest absolute Gasteiger partial charge is 0.506 e. The lowest BCUT2D eigenvalue weighted by Crippen LogP contribution is -2.04. The molecule has 0 unspecified atom stereocenters. The fourth-order valence-corrected chi connectivity index (χ4v) is 3.58. The molecule has 0 atom stereocenters. The van der Waals surface area contributed by atoms with Gasteiger partial charge in [0.1, 0.15) is 32.9 Å². The van der Waals surface area contributed by atoms with E-state index in [0.29, 0.717) is 22.6 Å². The molecule has 0 fully saturated rings. The number of nitrogens with two attached hydrogens (primary N) is 4. The summed E-state index contributed by atoms with van der Waals surface area (Å²) in [5, 5.41) is 24.9. The summed E-state index contributed by atoms with van der Waals surface area (Å²) in [7, 11) is 1.50. The van der Waals surface area contributed by atoms with Gasteiger partial charge in [-0.25, -0.2) is 0 Å². The number of halogens is 7. The van der Waals surface area contributed by atoms with E-state index in [9.17, 15) is 5.11 Å². The Morgan fingerprint density at radius 1 is 0.692 bits per heavy atom. The lowest BCUT2D eigenvalue weighted by Gasteiger charge is -2.09. The molecule has 0 radical (unpaired) electrons. The number of nitrogens with zero attached hydrogens (tertiary/aromatic N) is 6. The number of hydrogen-bond acceptors (Lipinski definition) is 12. The monoisotopic (exact) mass is 804 g/mol. The van der Waals surface area contributed by atoms with Crippen molar-refractivity contribution in [3.8, 4) is 34.0 Å². The van der Waals surface area contributed by atoms with Crippen molar-refractivity contribution in [2.24, 2.45) is 0 Å². The van der Waals surface area contributed by atoms with E-state index in [4.69, 9.17) is 74.1 Å². The second kappa shape index (κ2) is 15.1. The molecule has 0 amide bonds. The van der Waals surface area contributed by atoms with E-state index in [1.165, 1.54) is 19.2 Å². The van der Waals surface area contributed by atoms with Gasteiger partial charge in [-0.3, -0.25) is 0 Å². The third-order valence-electron chi connectivity index (χ3n) is 4.30. The first-order chi connectivity index (χ1) is 18.3. The van der Waals surface area contributed by atoms with E-state index >= 15 is 0 Å². The number of phenols is 1. The van der Waals surface area contributed by atoms with Crippen molar-refractivity contribution in [1.29, 1.82) is 0 Å². The Hall–Kier alpha value is -2.08. The Morgan fingerprint density at radius 2 is 1.10 bits per heavy atom. The van der Waals surface area contributed by atoms with Crippen LogP contribution in [0.3, 0.4) is 0 Å². The number of aromatic hydroxyl groups is 1. The highest BCUT2D eigenvalue weighted by Gasteiger charge is 2.17. The first-order valence-electron chi connectivity index (χ1n) is 9.91. The number of methoxy groups -OCH3 is 1. The van der Waals surface area contributed by atoms with E-state index in [1.807, 2.05) is 0 Å². The van der Waals surface area contributed by atoms with Gasteiger partial charge in [0.05, 0.1) is 17.2 Å². The van der Waals surface area contributed by atoms with Crippen molar-refractivity contribution in [2.75, 3.05) is 30.0 Å². The SMILES string of the molecule is BrB(Br)Br.COc1ccc(-c2nnc(N)nc2N)c(Cl)c1Cl.Nc1nnc(-c2ccc(O)c(Cl)c2Cl)c(N)n1. The number of benzene rings is 2. The Labute approximate surface area is 267 Å². The van der Waals surface area contributed by atoms with Gasteiger partial charge < -0.3 is 32.8 Å². The molecule has 4 aromatic rings. The molecule has 20 heteroatoms. The number of nitrogen functional groups attached to an aromatic ring is 4. The van der Waals surface area contributed by atoms with Crippen LogP contribution < -0.4 is 27.7 Å². The van der Waals surface area contributed by atoms with Crippen LogP contribution in [0.2, 0.25) is 20.1 Å². The van der Waals surface area contributed by atoms with Crippen LogP contribution in [0, 0.1) is 0 Å². The quantitative estimate of drug-likeness (QED) is 0.154. The van der Waals surface area contributed by atoms with E-state index in [1.54, 1.807) is 12.1 Å². The average Bonchev–Trinajstić information content (AvgIpc) is 2.86. The van der Waals surface area contributed by atoms with Gasteiger partial charge in [-0.05, 0) is 24.3 Å². The summed E-state index contributed by atoms with van der Waals surface area (Å²) in [5.41, 5.74) is 23.6. The Balaban J connectivity index is 0.000000241. The normalized spacial score (nSPS) is 10.1. The number of phenolic OH excluding ortho intramolecular Hbond substituents is 1. The molecule has 0 spiro atoms. The molecule has 206 valence electrons. The van der Waals surface area contributed by atoms with Gasteiger partial charge in [-0.2, -0.15) is 9.97 Å². The zero-order valence-corrected chi connectivity index (χ0v) is 27.2. The third kappa shape index (κ3) is 8.96. The summed E-state index contributed by atoms with van der Waals surface area (Å²) in [6.07, 6.45) is 0. The smallest absolute Gasteiger partial charge is 0.369 e. The van der Waals surface area contributed by atoms with Crippen molar-refractivity contribution >= 4 is 120 Å². The van der Waals surface area contributed by atoms with Crippen molar-refractivity contribution in [1.82, 2.24) is 30.4 Å². The molecule has 0 aliphatic rings. The summed E-state index contributed by atoms with van der Waals surface area (Å²) < 4.78 is 5.32. The van der Waals surface area contributed by atoms with Gasteiger partial charge in [0.15, 0.2) is 11.6 Å². The molecule has 9 N–H and O–H groups in total. The highest BCUT2D eigenvalue weighted by Crippen LogP contribution is 2.40. The van der Waals surface area contributed by atoms with Crippen LogP contribution >= 0.6 is 93.7 Å². The number of ether oxygens (including phenoxy) is 1. The minimum Gasteiger partial charge on any atom is -0.506 e. The van der Waals surface area contributed by atoms with Crippen molar-refractivity contribution in [2.45, 2.75) is 0 Å². The molecule has 0 saturated carbocycles. The van der Waals surface area contributed by atoms with Gasteiger partial charge in [0.25, 0.3) is 0 Å². The molecule has 39 heavy (non-hydrogen) atoms. The van der Waals surface area contributed by atoms with Gasteiger partial charge in [0, 0.05) is 11.1 Å². The van der Waals surface area contributed by atoms with Gasteiger partial charge in [-0.15, -0.1) is 67.7 Å². The van der Waals surface area contributed by atoms with Gasteiger partial charge >= 0.3 is 3.18 Å². The van der Waals surface area contributed by atoms with Crippen molar-refractivity contribution in [3.05, 3.63) is 44.4 Å². The minimum atomic E-state index is -0.129. The van der Waals surface area contributed by atoms with Gasteiger partial charge in [-0.1, -0.05) is 46.4 Å². The maximum atomic E-state index is 9.37. The molecule has 2 aromatic heterocycles. The fraction of sp³-hybridized carbons (Fsp3) is 0.0526. The molecular weight excluding hydrogens is 793 g/mol. The molecule has 0 aliphatic heterocycles. The summed E-state index contributed by atoms with van der Waals surface area (Å²) in [6, 6.07) is 6.22. The zero-order valence-electron chi connectivity index (χ0n) is 19.4. The highest BCUT2D eigenvalue weighted by molar-refractivity contribution is 9.69. The minimum absolute atomic E-state index is 0.00742. The molecular formula is C19H16BBr3Cl4N10O2. The summed E-state index contributed by atoms with van der Waals surface area (Å²) >= 11 is 33.3. The van der Waals surface area contributed by atoms with Crippen LogP contribution in [0.5, 0.6) is 11.5 Å². The molecule has 0 saturated heterocycles. The summed E-state index contributed by atoms with van der Waals surface area (Å²) in [4.78, 5) is 7.57. The van der Waals surface area contributed by atoms with Gasteiger partial charge in [0.2, 0.25) is 11.9 Å². The lowest BCUT2D eigenvalue weighted by molar-refractivity contribution is 0.415. The number of rotatable bonds is 3. The Bertz CT molecular complexity index is 1470. The average molecular weight is 809 g/mol. The highest BCUT2D eigenvalue weighted by atomic mass is 79.9. The lowest BCUT2D eigenvalue weighted by atomic mass is 10.1. The van der Waals surface area contributed by atoms with Crippen LogP contribution in [0.25, 0.3) is 22.5 Å². The molecule has 4 rings (SSSR count). The topological polar surface area (TPSA) is 211 Å². The molecule has 0 aliphatic carbocycles. The number of hydrogen-bond donors (Lipinski definition) is 5. The number of aromatic nitrogens is 6. The maximum absolute atomic E-state index is 9.37. The second-order valence-electron chi connectivity index (χ2n) is 6.76. The maximum Gasteiger partial charge on any atom is 0.369 e. The first kappa shape index (κ1) is 33.1. The fourth-order valence-electron chi connectivity index (χ4n) is 2.68. The van der Waals surface area contributed by atoms with E-state index in [0.717, 1.165) is 0 Å². The van der Waals surface area contributed by atoms with Crippen molar-refractivity contribution < 1.29 is 9.84 Å². The number of anilines is 4. The molecule has 12 nitrogen and oxygen atoms in total. The summed E-state index contributed by atoms with van der Waals surface area (Å²) in [5.74, 6) is 0.502. The Morgan fingerprint density at radius 3 is 1.51 bits per heavy atom. The van der Waals surface area contributed by atoms with Crippen LogP contribution in [-0.2, 0) is 0 Å². The first-order valence-corrected chi connectivity index (χ1v) is 14.2. The summed E-state index contributed by atoms with van der Waals surface area (Å²) in [6.45, 7) is 0. The van der Waals surface area contributed by atoms with Crippen LogP contribution in [0.1, 0.15) is 0 Å². The Kier molecular flexibility index (Phi) is 12.8. The molecule has 2 heterocycles.